The third-order valence-electron chi connectivity index (χ3n) is 6.84. The summed E-state index contributed by atoms with van der Waals surface area (Å²) in [6, 6.07) is 16.6. The molecule has 3 fully saturated rings. The standard InChI is InChI=1S/C25H23BrO6/c1-13(31-24(28)19-17-11-18-20(19)25(29)32-23(18)21(17)26)22(27)15-7-9-16(10-8-15)30-12-14-5-3-2-4-6-14/h2-10,13,17-21,23H,11-12H2,1H3/t13-,17+,18+,19+,20-,21-,23-/m0/s1. The van der Waals surface area contributed by atoms with Crippen molar-refractivity contribution in [2.24, 2.45) is 23.7 Å². The van der Waals surface area contributed by atoms with E-state index in [1.165, 1.54) is 0 Å². The van der Waals surface area contributed by atoms with Crippen LogP contribution < -0.4 is 4.74 Å². The highest BCUT2D eigenvalue weighted by atomic mass is 79.9. The van der Waals surface area contributed by atoms with Gasteiger partial charge in [0.2, 0.25) is 5.78 Å². The van der Waals surface area contributed by atoms with Crippen molar-refractivity contribution in [3.05, 3.63) is 65.7 Å². The van der Waals surface area contributed by atoms with Crippen molar-refractivity contribution in [1.29, 1.82) is 0 Å². The Morgan fingerprint density at radius 3 is 2.53 bits per heavy atom. The Morgan fingerprint density at radius 2 is 1.81 bits per heavy atom. The van der Waals surface area contributed by atoms with Crippen molar-refractivity contribution in [1.82, 2.24) is 0 Å². The molecule has 7 atom stereocenters. The van der Waals surface area contributed by atoms with Crippen LogP contribution in [0.2, 0.25) is 0 Å². The molecule has 0 amide bonds. The van der Waals surface area contributed by atoms with Gasteiger partial charge >= 0.3 is 11.9 Å². The number of alkyl halides is 1. The molecule has 0 spiro atoms. The molecule has 32 heavy (non-hydrogen) atoms. The molecule has 0 N–H and O–H groups in total. The van der Waals surface area contributed by atoms with Crippen LogP contribution in [0.5, 0.6) is 5.75 Å². The molecular formula is C25H23BrO6. The number of esters is 2. The summed E-state index contributed by atoms with van der Waals surface area (Å²) in [5.74, 6) is -1.41. The first-order chi connectivity index (χ1) is 15.4. The van der Waals surface area contributed by atoms with Gasteiger partial charge in [0.15, 0.2) is 6.10 Å². The Morgan fingerprint density at radius 1 is 1.09 bits per heavy atom. The summed E-state index contributed by atoms with van der Waals surface area (Å²) in [6.07, 6.45) is -0.327. The summed E-state index contributed by atoms with van der Waals surface area (Å²) in [7, 11) is 0. The van der Waals surface area contributed by atoms with Gasteiger partial charge in [-0.15, -0.1) is 0 Å². The lowest BCUT2D eigenvalue weighted by molar-refractivity contribution is -0.157. The molecule has 3 aliphatic rings. The van der Waals surface area contributed by atoms with Gasteiger partial charge in [0.25, 0.3) is 0 Å². The summed E-state index contributed by atoms with van der Waals surface area (Å²) in [5, 5.41) is 0. The second kappa shape index (κ2) is 8.35. The maximum absolute atomic E-state index is 12.9. The minimum Gasteiger partial charge on any atom is -0.489 e. The first kappa shape index (κ1) is 21.2. The molecule has 2 saturated carbocycles. The van der Waals surface area contributed by atoms with E-state index in [9.17, 15) is 14.4 Å². The summed E-state index contributed by atoms with van der Waals surface area (Å²) in [6.45, 7) is 2.00. The number of fused-ring (bicyclic) bond motifs is 1. The zero-order valence-corrected chi connectivity index (χ0v) is 19.1. The van der Waals surface area contributed by atoms with E-state index in [2.05, 4.69) is 15.9 Å². The van der Waals surface area contributed by atoms with Crippen LogP contribution in [-0.2, 0) is 25.7 Å². The van der Waals surface area contributed by atoms with E-state index in [0.717, 1.165) is 12.0 Å². The molecule has 2 aromatic rings. The molecule has 5 rings (SSSR count). The fourth-order valence-corrected chi connectivity index (χ4v) is 6.34. The number of ether oxygens (including phenoxy) is 3. The normalized spacial score (nSPS) is 30.6. The molecular weight excluding hydrogens is 476 g/mol. The number of hydrogen-bond donors (Lipinski definition) is 0. The van der Waals surface area contributed by atoms with Crippen molar-refractivity contribution in [2.75, 3.05) is 0 Å². The number of carbonyl (C=O) groups is 3. The average Bonchev–Trinajstić information content (AvgIpc) is 3.42. The van der Waals surface area contributed by atoms with Crippen molar-refractivity contribution < 1.29 is 28.6 Å². The molecule has 1 aliphatic heterocycles. The second-order valence-corrected chi connectivity index (χ2v) is 9.76. The van der Waals surface area contributed by atoms with Gasteiger partial charge in [0.1, 0.15) is 18.5 Å². The summed E-state index contributed by atoms with van der Waals surface area (Å²) in [5.41, 5.74) is 1.49. The Bertz CT molecular complexity index is 1040. The van der Waals surface area contributed by atoms with Crippen molar-refractivity contribution in [2.45, 2.75) is 37.0 Å². The van der Waals surface area contributed by atoms with Gasteiger partial charge in [0.05, 0.1) is 16.7 Å². The molecule has 2 aliphatic carbocycles. The number of benzene rings is 2. The molecule has 7 heteroatoms. The summed E-state index contributed by atoms with van der Waals surface area (Å²) >= 11 is 3.59. The third kappa shape index (κ3) is 3.62. The largest absolute Gasteiger partial charge is 0.489 e. The lowest BCUT2D eigenvalue weighted by atomic mass is 9.80. The number of hydrogen-bond acceptors (Lipinski definition) is 6. The first-order valence-electron chi connectivity index (χ1n) is 10.8. The van der Waals surface area contributed by atoms with E-state index >= 15 is 0 Å². The van der Waals surface area contributed by atoms with Crippen molar-refractivity contribution in [3.8, 4) is 5.75 Å². The molecule has 1 saturated heterocycles. The van der Waals surface area contributed by atoms with Gasteiger partial charge in [-0.2, -0.15) is 0 Å². The van der Waals surface area contributed by atoms with E-state index in [-0.39, 0.29) is 34.5 Å². The van der Waals surface area contributed by atoms with E-state index in [1.807, 2.05) is 30.3 Å². The highest BCUT2D eigenvalue weighted by Crippen LogP contribution is 2.60. The molecule has 2 bridgehead atoms. The Labute approximate surface area is 194 Å². The van der Waals surface area contributed by atoms with E-state index in [1.54, 1.807) is 31.2 Å². The fraction of sp³-hybridized carbons (Fsp3) is 0.400. The minimum atomic E-state index is -0.945. The number of carbonyl (C=O) groups excluding carboxylic acids is 3. The number of rotatable bonds is 7. The fourth-order valence-electron chi connectivity index (χ4n) is 5.29. The van der Waals surface area contributed by atoms with Crippen LogP contribution in [0.15, 0.2) is 54.6 Å². The predicted octanol–water partition coefficient (Wildman–Crippen LogP) is 3.95. The maximum Gasteiger partial charge on any atom is 0.310 e. The zero-order valence-electron chi connectivity index (χ0n) is 17.5. The molecule has 1 heterocycles. The van der Waals surface area contributed by atoms with Crippen molar-refractivity contribution >= 4 is 33.7 Å². The van der Waals surface area contributed by atoms with Crippen LogP contribution in [0.1, 0.15) is 29.3 Å². The Balaban J connectivity index is 1.20. The minimum absolute atomic E-state index is 0.00250. The van der Waals surface area contributed by atoms with E-state index < -0.39 is 23.9 Å². The lowest BCUT2D eigenvalue weighted by Crippen LogP contribution is -2.40. The van der Waals surface area contributed by atoms with Gasteiger partial charge in [-0.05, 0) is 49.1 Å². The van der Waals surface area contributed by atoms with Crippen LogP contribution in [-0.4, -0.2) is 34.8 Å². The van der Waals surface area contributed by atoms with Gasteiger partial charge in [-0.25, -0.2) is 0 Å². The van der Waals surface area contributed by atoms with Gasteiger partial charge < -0.3 is 14.2 Å². The van der Waals surface area contributed by atoms with E-state index in [4.69, 9.17) is 14.2 Å². The highest BCUT2D eigenvalue weighted by Gasteiger charge is 2.68. The number of halogens is 1. The Kier molecular flexibility index (Phi) is 5.53. The molecule has 0 aromatic heterocycles. The van der Waals surface area contributed by atoms with Gasteiger partial charge in [0, 0.05) is 11.5 Å². The second-order valence-electron chi connectivity index (χ2n) is 8.70. The molecule has 2 aromatic carbocycles. The average molecular weight is 499 g/mol. The lowest BCUT2D eigenvalue weighted by Gasteiger charge is -2.27. The predicted molar refractivity (Wildman–Crippen MR) is 118 cm³/mol. The summed E-state index contributed by atoms with van der Waals surface area (Å²) in [4.78, 5) is 37.9. The smallest absolute Gasteiger partial charge is 0.310 e. The maximum atomic E-state index is 12.9. The van der Waals surface area contributed by atoms with Gasteiger partial charge in [-0.1, -0.05) is 46.3 Å². The number of Topliss-reactive ketones (excluding diaryl/α,β-unsaturated/α-hetero) is 1. The quantitative estimate of drug-likeness (QED) is 0.326. The summed E-state index contributed by atoms with van der Waals surface area (Å²) < 4.78 is 16.7. The Hall–Kier alpha value is -2.67. The third-order valence-corrected chi connectivity index (χ3v) is 8.04. The molecule has 6 nitrogen and oxygen atoms in total. The van der Waals surface area contributed by atoms with Crippen LogP contribution in [0, 0.1) is 23.7 Å². The van der Waals surface area contributed by atoms with Crippen LogP contribution in [0.3, 0.4) is 0 Å². The molecule has 166 valence electrons. The highest BCUT2D eigenvalue weighted by molar-refractivity contribution is 9.09. The monoisotopic (exact) mass is 498 g/mol. The van der Waals surface area contributed by atoms with E-state index in [0.29, 0.717) is 17.9 Å². The zero-order chi connectivity index (χ0) is 22.4. The van der Waals surface area contributed by atoms with Crippen molar-refractivity contribution in [3.63, 3.8) is 0 Å². The van der Waals surface area contributed by atoms with Crippen LogP contribution in [0.25, 0.3) is 0 Å². The first-order valence-corrected chi connectivity index (χ1v) is 11.7. The van der Waals surface area contributed by atoms with Crippen LogP contribution in [0.4, 0.5) is 0 Å². The molecule has 0 unspecified atom stereocenters. The number of ketones is 1. The SMILES string of the molecule is C[C@H](OC(=O)[C@@H]1[C@H]2C[C@H]3[C@H](OC(=O)[C@@H]31)[C@H]2Br)C(=O)c1ccc(OCc2ccccc2)cc1. The topological polar surface area (TPSA) is 78.9 Å². The van der Waals surface area contributed by atoms with Crippen LogP contribution >= 0.6 is 15.9 Å². The van der Waals surface area contributed by atoms with Gasteiger partial charge in [-0.3, -0.25) is 14.4 Å². The molecule has 0 radical (unpaired) electrons.